The minimum absolute atomic E-state index is 0.0246. The van der Waals surface area contributed by atoms with Crippen molar-refractivity contribution in [2.45, 2.75) is 17.9 Å². The van der Waals surface area contributed by atoms with Crippen LogP contribution in [0.25, 0.3) is 0 Å². The number of hydrogen-bond donors (Lipinski definition) is 1. The summed E-state index contributed by atoms with van der Waals surface area (Å²) in [5, 5.41) is 2.55. The van der Waals surface area contributed by atoms with Crippen molar-refractivity contribution in [1.82, 2.24) is 14.6 Å². The number of hydrogen-bond acceptors (Lipinski definition) is 5. The Morgan fingerprint density at radius 3 is 2.70 bits per heavy atom. The lowest BCUT2D eigenvalue weighted by Crippen LogP contribution is -2.43. The van der Waals surface area contributed by atoms with Crippen LogP contribution < -0.4 is 10.1 Å². The average molecular weight is 399 g/mol. The Balaban J connectivity index is 1.87. The second-order valence-corrected chi connectivity index (χ2v) is 7.85. The molecule has 1 unspecified atom stereocenters. The van der Waals surface area contributed by atoms with Crippen LogP contribution in [-0.2, 0) is 14.8 Å². The number of carbonyl (C=O) groups is 1. The molecule has 0 saturated carbocycles. The van der Waals surface area contributed by atoms with Crippen molar-refractivity contribution in [3.63, 3.8) is 0 Å². The number of nitrogens with zero attached hydrogens (tertiary/aromatic N) is 2. The molecule has 0 bridgehead atoms. The quantitative estimate of drug-likeness (QED) is 0.728. The van der Waals surface area contributed by atoms with Crippen LogP contribution in [0.2, 0.25) is 0 Å². The molecule has 0 aliphatic rings. The van der Waals surface area contributed by atoms with E-state index in [4.69, 9.17) is 4.74 Å². The van der Waals surface area contributed by atoms with E-state index >= 15 is 0 Å². The number of ether oxygens (including phenoxy) is 1. The summed E-state index contributed by atoms with van der Waals surface area (Å²) in [6, 6.07) is 5.22. The highest BCUT2D eigenvalue weighted by atomic mass is 32.2. The maximum atomic E-state index is 13.5. The highest BCUT2D eigenvalue weighted by molar-refractivity contribution is 7.89. The van der Waals surface area contributed by atoms with E-state index in [0.29, 0.717) is 6.07 Å². The number of sulfonamides is 1. The summed E-state index contributed by atoms with van der Waals surface area (Å²) < 4.78 is 57.1. The lowest BCUT2D eigenvalue weighted by atomic mass is 10.3. The van der Waals surface area contributed by atoms with E-state index in [1.807, 2.05) is 0 Å². The largest absolute Gasteiger partial charge is 0.488 e. The van der Waals surface area contributed by atoms with Crippen LogP contribution in [0.3, 0.4) is 0 Å². The van der Waals surface area contributed by atoms with Crippen LogP contribution in [0.5, 0.6) is 5.75 Å². The van der Waals surface area contributed by atoms with Gasteiger partial charge in [0.1, 0.15) is 17.3 Å². The van der Waals surface area contributed by atoms with E-state index in [9.17, 15) is 22.0 Å². The number of aromatic nitrogens is 1. The normalized spacial score (nSPS) is 12.6. The first-order valence-electron chi connectivity index (χ1n) is 7.93. The number of benzene rings is 1. The molecule has 146 valence electrons. The summed E-state index contributed by atoms with van der Waals surface area (Å²) in [6.07, 6.45) is 2.63. The summed E-state index contributed by atoms with van der Waals surface area (Å²) >= 11 is 0. The van der Waals surface area contributed by atoms with Crippen LogP contribution >= 0.6 is 0 Å². The van der Waals surface area contributed by atoms with Gasteiger partial charge in [-0.15, -0.1) is 0 Å². The van der Waals surface area contributed by atoms with Gasteiger partial charge in [-0.1, -0.05) is 0 Å². The predicted octanol–water partition coefficient (Wildman–Crippen LogP) is 1.56. The van der Waals surface area contributed by atoms with Crippen molar-refractivity contribution in [2.75, 3.05) is 20.2 Å². The number of amides is 1. The molecule has 1 heterocycles. The van der Waals surface area contributed by atoms with E-state index in [1.165, 1.54) is 31.6 Å². The van der Waals surface area contributed by atoms with Gasteiger partial charge in [-0.3, -0.25) is 9.78 Å². The molecule has 1 aromatic carbocycles. The molecule has 10 heteroatoms. The molecule has 0 fully saturated rings. The zero-order valence-corrected chi connectivity index (χ0v) is 15.5. The first kappa shape index (κ1) is 20.7. The van der Waals surface area contributed by atoms with Crippen molar-refractivity contribution in [1.29, 1.82) is 0 Å². The third-order valence-electron chi connectivity index (χ3n) is 3.50. The Kier molecular flexibility index (Phi) is 6.81. The minimum atomic E-state index is -3.84. The van der Waals surface area contributed by atoms with E-state index in [1.54, 1.807) is 6.92 Å². The van der Waals surface area contributed by atoms with Gasteiger partial charge < -0.3 is 10.1 Å². The molecule has 0 spiro atoms. The fourth-order valence-electron chi connectivity index (χ4n) is 2.14. The molecule has 1 N–H and O–H groups in total. The zero-order valence-electron chi connectivity index (χ0n) is 14.7. The third-order valence-corrected chi connectivity index (χ3v) is 5.29. The molecule has 1 atom stereocenters. The maximum Gasteiger partial charge on any atom is 0.244 e. The van der Waals surface area contributed by atoms with Gasteiger partial charge in [-0.05, 0) is 31.2 Å². The Labute approximate surface area is 156 Å². The molecule has 0 aliphatic heterocycles. The Bertz CT molecular complexity index is 894. The monoisotopic (exact) mass is 399 g/mol. The molecule has 27 heavy (non-hydrogen) atoms. The molecule has 1 aromatic heterocycles. The summed E-state index contributed by atoms with van der Waals surface area (Å²) in [6.45, 7) is 1.12. The fourth-order valence-corrected chi connectivity index (χ4v) is 3.23. The first-order valence-corrected chi connectivity index (χ1v) is 9.37. The fraction of sp³-hybridized carbons (Fsp3) is 0.294. The summed E-state index contributed by atoms with van der Waals surface area (Å²) in [4.78, 5) is 15.8. The second-order valence-electron chi connectivity index (χ2n) is 5.80. The van der Waals surface area contributed by atoms with Crippen molar-refractivity contribution < 1.29 is 26.7 Å². The second kappa shape index (κ2) is 8.87. The predicted molar refractivity (Wildman–Crippen MR) is 93.5 cm³/mol. The number of nitrogens with one attached hydrogen (secondary N) is 1. The molecule has 1 amide bonds. The number of likely N-dealkylation sites (N-methyl/N-ethyl adjacent to an activating group) is 1. The zero-order chi connectivity index (χ0) is 20.0. The van der Waals surface area contributed by atoms with E-state index in [-0.39, 0.29) is 17.3 Å². The van der Waals surface area contributed by atoms with Crippen molar-refractivity contribution in [3.05, 3.63) is 54.4 Å². The van der Waals surface area contributed by atoms with Gasteiger partial charge in [0.15, 0.2) is 11.6 Å². The van der Waals surface area contributed by atoms with E-state index in [0.717, 1.165) is 16.4 Å². The highest BCUT2D eigenvalue weighted by Crippen LogP contribution is 2.17. The van der Waals surface area contributed by atoms with Gasteiger partial charge >= 0.3 is 0 Å². The molecular formula is C17H19F2N3O4S. The maximum absolute atomic E-state index is 13.5. The molecule has 2 aromatic rings. The topological polar surface area (TPSA) is 88.6 Å². The summed E-state index contributed by atoms with van der Waals surface area (Å²) in [5.41, 5.74) is 0. The molecule has 0 radical (unpaired) electrons. The van der Waals surface area contributed by atoms with Crippen molar-refractivity contribution in [2.24, 2.45) is 0 Å². The first-order chi connectivity index (χ1) is 12.7. The van der Waals surface area contributed by atoms with Gasteiger partial charge in [0, 0.05) is 25.5 Å². The Hall–Kier alpha value is -2.59. The molecular weight excluding hydrogens is 380 g/mol. The average Bonchev–Trinajstić information content (AvgIpc) is 2.61. The van der Waals surface area contributed by atoms with E-state index < -0.39 is 40.2 Å². The Morgan fingerprint density at radius 2 is 2.07 bits per heavy atom. The smallest absolute Gasteiger partial charge is 0.244 e. The number of rotatable bonds is 8. The standard InChI is InChI=1S/C17H19F2N3O4S/c1-12(11-26-16-6-5-13(18)8-15(16)19)21-17(23)10-22(2)27(24,25)14-4-3-7-20-9-14/h3-9,12H,10-11H2,1-2H3,(H,21,23). The van der Waals surface area contributed by atoms with Crippen molar-refractivity contribution >= 4 is 15.9 Å². The van der Waals surface area contributed by atoms with Gasteiger partial charge in [-0.2, -0.15) is 4.31 Å². The summed E-state index contributed by atoms with van der Waals surface area (Å²) in [5.74, 6) is -2.27. The van der Waals surface area contributed by atoms with Crippen LogP contribution in [0, 0.1) is 11.6 Å². The van der Waals surface area contributed by atoms with Gasteiger partial charge in [0.05, 0.1) is 12.6 Å². The number of carbonyl (C=O) groups excluding carboxylic acids is 1. The third kappa shape index (κ3) is 5.69. The van der Waals surface area contributed by atoms with E-state index in [2.05, 4.69) is 10.3 Å². The van der Waals surface area contributed by atoms with Crippen LogP contribution in [-0.4, -0.2) is 49.9 Å². The van der Waals surface area contributed by atoms with Gasteiger partial charge in [-0.25, -0.2) is 17.2 Å². The SMILES string of the molecule is CC(COc1ccc(F)cc1F)NC(=O)CN(C)S(=O)(=O)c1cccnc1. The molecule has 0 aliphatic carbocycles. The summed E-state index contributed by atoms with van der Waals surface area (Å²) in [7, 11) is -2.57. The highest BCUT2D eigenvalue weighted by Gasteiger charge is 2.23. The van der Waals surface area contributed by atoms with Crippen LogP contribution in [0.1, 0.15) is 6.92 Å². The lowest BCUT2D eigenvalue weighted by molar-refractivity contribution is -0.121. The minimum Gasteiger partial charge on any atom is -0.488 e. The van der Waals surface area contributed by atoms with Crippen LogP contribution in [0.15, 0.2) is 47.6 Å². The Morgan fingerprint density at radius 1 is 1.33 bits per heavy atom. The lowest BCUT2D eigenvalue weighted by Gasteiger charge is -2.19. The van der Waals surface area contributed by atoms with Crippen LogP contribution in [0.4, 0.5) is 8.78 Å². The number of halogens is 2. The molecule has 7 nitrogen and oxygen atoms in total. The molecule has 0 saturated heterocycles. The van der Waals surface area contributed by atoms with Crippen molar-refractivity contribution in [3.8, 4) is 5.75 Å². The van der Waals surface area contributed by atoms with Gasteiger partial charge in [0.25, 0.3) is 0 Å². The number of pyridine rings is 1. The van der Waals surface area contributed by atoms with Gasteiger partial charge in [0.2, 0.25) is 15.9 Å². The molecule has 2 rings (SSSR count).